The number of pyridine rings is 1. The number of aliphatic hydroxyl groups is 1. The third kappa shape index (κ3) is 5.07. The highest BCUT2D eigenvalue weighted by Gasteiger charge is 2.19. The number of hydrogen-bond donors (Lipinski definition) is 3. The summed E-state index contributed by atoms with van der Waals surface area (Å²) in [6.45, 7) is 11.7. The van der Waals surface area contributed by atoms with E-state index < -0.39 is 5.60 Å². The molecule has 0 amide bonds. The lowest BCUT2D eigenvalue weighted by Gasteiger charge is -2.21. The Bertz CT molecular complexity index is 683. The number of nitrogen functional groups attached to an aromatic ring is 1. The summed E-state index contributed by atoms with van der Waals surface area (Å²) in [5.74, 6) is 0.998. The Morgan fingerprint density at radius 3 is 2.58 bits per heavy atom. The highest BCUT2D eigenvalue weighted by atomic mass is 16.5. The topological polar surface area (TPSA) is 98.2 Å². The summed E-state index contributed by atoms with van der Waals surface area (Å²) < 4.78 is 7.76. The van der Waals surface area contributed by atoms with Crippen LogP contribution in [0.4, 0.5) is 5.82 Å². The molecule has 0 aliphatic rings. The minimum absolute atomic E-state index is 0.0986. The number of aromatic nitrogens is 3. The average Bonchev–Trinajstić information content (AvgIpc) is 2.82. The normalized spacial score (nSPS) is 12.8. The van der Waals surface area contributed by atoms with Crippen molar-refractivity contribution >= 4 is 16.9 Å². The summed E-state index contributed by atoms with van der Waals surface area (Å²) in [7, 11) is 0. The van der Waals surface area contributed by atoms with Crippen LogP contribution in [-0.2, 0) is 6.54 Å². The van der Waals surface area contributed by atoms with E-state index in [-0.39, 0.29) is 5.54 Å². The van der Waals surface area contributed by atoms with Crippen molar-refractivity contribution in [2.45, 2.75) is 58.7 Å². The highest BCUT2D eigenvalue weighted by Crippen LogP contribution is 2.28. The van der Waals surface area contributed by atoms with Crippen molar-refractivity contribution in [1.82, 2.24) is 19.9 Å². The largest absolute Gasteiger partial charge is 0.490 e. The molecule has 0 saturated carbocycles. The fourth-order valence-electron chi connectivity index (χ4n) is 2.44. The Kier molecular flexibility index (Phi) is 5.35. The first-order chi connectivity index (χ1) is 11.1. The van der Waals surface area contributed by atoms with E-state index >= 15 is 0 Å². The summed E-state index contributed by atoms with van der Waals surface area (Å²) in [6, 6.07) is 0. The Balaban J connectivity index is 2.12. The molecular weight excluding hydrogens is 306 g/mol. The lowest BCUT2D eigenvalue weighted by molar-refractivity contribution is 0.0625. The predicted molar refractivity (Wildman–Crippen MR) is 96.1 cm³/mol. The Morgan fingerprint density at radius 2 is 1.96 bits per heavy atom. The Hall–Kier alpha value is -1.86. The monoisotopic (exact) mass is 335 g/mol. The quantitative estimate of drug-likeness (QED) is 0.669. The third-order valence-electron chi connectivity index (χ3n) is 3.43. The molecular formula is C17H29N5O2. The van der Waals surface area contributed by atoms with Crippen LogP contribution >= 0.6 is 0 Å². The summed E-state index contributed by atoms with van der Waals surface area (Å²) >= 11 is 0. The van der Waals surface area contributed by atoms with Gasteiger partial charge in [0.1, 0.15) is 11.0 Å². The molecule has 2 heterocycles. The van der Waals surface area contributed by atoms with Gasteiger partial charge in [-0.25, -0.2) is 9.97 Å². The van der Waals surface area contributed by atoms with Crippen molar-refractivity contribution in [3.63, 3.8) is 0 Å². The summed E-state index contributed by atoms with van der Waals surface area (Å²) in [5, 5.41) is 13.5. The van der Waals surface area contributed by atoms with Crippen molar-refractivity contribution in [1.29, 1.82) is 0 Å². The van der Waals surface area contributed by atoms with E-state index in [0.29, 0.717) is 30.2 Å². The first kappa shape index (κ1) is 18.5. The van der Waals surface area contributed by atoms with Crippen molar-refractivity contribution < 1.29 is 9.84 Å². The lowest BCUT2D eigenvalue weighted by Crippen LogP contribution is -2.36. The SMILES string of the molecule is CC(C)(O)Cn1cnc2c(N)ncc(OCCCNC(C)(C)C)c21. The second-order valence-corrected chi connectivity index (χ2v) is 7.77. The van der Waals surface area contributed by atoms with Crippen molar-refractivity contribution in [3.05, 3.63) is 12.5 Å². The maximum absolute atomic E-state index is 10.1. The molecule has 0 spiro atoms. The molecule has 0 bridgehead atoms. The van der Waals surface area contributed by atoms with Crippen LogP contribution in [-0.4, -0.2) is 43.9 Å². The van der Waals surface area contributed by atoms with Gasteiger partial charge >= 0.3 is 0 Å². The number of nitrogens with two attached hydrogens (primary N) is 1. The molecule has 0 aliphatic heterocycles. The zero-order chi connectivity index (χ0) is 18.0. The minimum Gasteiger partial charge on any atom is -0.490 e. The first-order valence-electron chi connectivity index (χ1n) is 8.26. The van der Waals surface area contributed by atoms with Crippen molar-refractivity contribution in [2.75, 3.05) is 18.9 Å². The average molecular weight is 335 g/mol. The van der Waals surface area contributed by atoms with Gasteiger partial charge in [0, 0.05) is 5.54 Å². The van der Waals surface area contributed by atoms with Crippen molar-refractivity contribution in [3.8, 4) is 5.75 Å². The van der Waals surface area contributed by atoms with Crippen LogP contribution in [0.5, 0.6) is 5.75 Å². The molecule has 0 fully saturated rings. The molecule has 0 saturated heterocycles. The molecule has 134 valence electrons. The maximum atomic E-state index is 10.1. The number of anilines is 1. The third-order valence-corrected chi connectivity index (χ3v) is 3.43. The molecule has 0 aromatic carbocycles. The van der Waals surface area contributed by atoms with Crippen LogP contribution in [0.2, 0.25) is 0 Å². The van der Waals surface area contributed by atoms with Gasteiger partial charge in [-0.2, -0.15) is 0 Å². The molecule has 0 unspecified atom stereocenters. The number of nitrogens with zero attached hydrogens (tertiary/aromatic N) is 3. The molecule has 24 heavy (non-hydrogen) atoms. The molecule has 0 atom stereocenters. The van der Waals surface area contributed by atoms with Gasteiger partial charge < -0.3 is 25.5 Å². The van der Waals surface area contributed by atoms with E-state index in [2.05, 4.69) is 36.1 Å². The summed E-state index contributed by atoms with van der Waals surface area (Å²) in [6.07, 6.45) is 4.16. The number of nitrogens with one attached hydrogen (secondary N) is 1. The van der Waals surface area contributed by atoms with Crippen LogP contribution in [0.3, 0.4) is 0 Å². The molecule has 7 nitrogen and oxygen atoms in total. The molecule has 2 aromatic heterocycles. The van der Waals surface area contributed by atoms with Gasteiger partial charge in [-0.3, -0.25) is 0 Å². The second-order valence-electron chi connectivity index (χ2n) is 7.77. The fourth-order valence-corrected chi connectivity index (χ4v) is 2.44. The lowest BCUT2D eigenvalue weighted by atomic mass is 10.1. The number of hydrogen-bond acceptors (Lipinski definition) is 6. The van der Waals surface area contributed by atoms with Crippen LogP contribution < -0.4 is 15.8 Å². The van der Waals surface area contributed by atoms with Gasteiger partial charge in [-0.15, -0.1) is 0 Å². The molecule has 2 rings (SSSR count). The highest BCUT2D eigenvalue weighted by molar-refractivity contribution is 5.89. The predicted octanol–water partition coefficient (Wildman–Crippen LogP) is 1.94. The standard InChI is InChI=1S/C17H29N5O2/c1-16(2,3)21-7-6-8-24-12-9-19-15(18)13-14(12)22(11-20-13)10-17(4,5)23/h9,11,21,23H,6-8,10H2,1-5H3,(H2,18,19). The van der Waals surface area contributed by atoms with Gasteiger partial charge in [-0.05, 0) is 47.6 Å². The molecule has 0 aliphatic carbocycles. The number of ether oxygens (including phenoxy) is 1. The van der Waals surface area contributed by atoms with E-state index in [0.717, 1.165) is 18.5 Å². The van der Waals surface area contributed by atoms with E-state index in [1.54, 1.807) is 26.4 Å². The zero-order valence-electron chi connectivity index (χ0n) is 15.3. The first-order valence-corrected chi connectivity index (χ1v) is 8.26. The van der Waals surface area contributed by atoms with Gasteiger partial charge in [0.2, 0.25) is 0 Å². The van der Waals surface area contributed by atoms with Crippen LogP contribution in [0, 0.1) is 0 Å². The fraction of sp³-hybridized carbons (Fsp3) is 0.647. The van der Waals surface area contributed by atoms with E-state index in [1.165, 1.54) is 0 Å². The zero-order valence-corrected chi connectivity index (χ0v) is 15.3. The number of fused-ring (bicyclic) bond motifs is 1. The maximum Gasteiger partial charge on any atom is 0.163 e. The second kappa shape index (κ2) is 6.94. The smallest absolute Gasteiger partial charge is 0.163 e. The van der Waals surface area contributed by atoms with E-state index in [4.69, 9.17) is 10.5 Å². The van der Waals surface area contributed by atoms with Crippen LogP contribution in [0.25, 0.3) is 11.0 Å². The Labute approximate surface area is 143 Å². The minimum atomic E-state index is -0.862. The molecule has 2 aromatic rings. The van der Waals surface area contributed by atoms with E-state index in [9.17, 15) is 5.11 Å². The Morgan fingerprint density at radius 1 is 1.25 bits per heavy atom. The van der Waals surface area contributed by atoms with Gasteiger partial charge in [0.15, 0.2) is 11.6 Å². The van der Waals surface area contributed by atoms with Crippen LogP contribution in [0.15, 0.2) is 12.5 Å². The van der Waals surface area contributed by atoms with Gasteiger partial charge in [0.25, 0.3) is 0 Å². The molecule has 7 heteroatoms. The van der Waals surface area contributed by atoms with Crippen molar-refractivity contribution in [2.24, 2.45) is 0 Å². The number of rotatable bonds is 7. The molecule has 4 N–H and O–H groups in total. The van der Waals surface area contributed by atoms with Gasteiger partial charge in [-0.1, -0.05) is 0 Å². The van der Waals surface area contributed by atoms with Gasteiger partial charge in [0.05, 0.1) is 31.3 Å². The van der Waals surface area contributed by atoms with E-state index in [1.807, 2.05) is 4.57 Å². The van der Waals surface area contributed by atoms with Crippen LogP contribution in [0.1, 0.15) is 41.0 Å². The summed E-state index contributed by atoms with van der Waals surface area (Å²) in [4.78, 5) is 8.47. The number of imidazole rings is 1. The molecule has 0 radical (unpaired) electrons. The summed E-state index contributed by atoms with van der Waals surface area (Å²) in [5.41, 5.74) is 6.52.